The van der Waals surface area contributed by atoms with E-state index in [2.05, 4.69) is 10.1 Å². The number of nitrogens with zero attached hydrogens (tertiary/aromatic N) is 2. The summed E-state index contributed by atoms with van der Waals surface area (Å²) in [5, 5.41) is 4.53. The molecule has 0 aliphatic carbocycles. The Bertz CT molecular complexity index is 571. The second kappa shape index (κ2) is 6.83. The van der Waals surface area contributed by atoms with Crippen molar-refractivity contribution in [2.24, 2.45) is 5.73 Å². The molecule has 0 aliphatic heterocycles. The molecule has 1 unspecified atom stereocenters. The molecule has 0 bridgehead atoms. The van der Waals surface area contributed by atoms with E-state index in [1.165, 1.54) is 0 Å². The first-order valence-corrected chi connectivity index (χ1v) is 6.93. The minimum absolute atomic E-state index is 0.376. The molecule has 0 spiro atoms. The molecule has 5 nitrogen and oxygen atoms in total. The van der Waals surface area contributed by atoms with Crippen molar-refractivity contribution in [3.8, 4) is 11.5 Å². The summed E-state index contributed by atoms with van der Waals surface area (Å²) in [4.78, 5) is 4.32. The van der Waals surface area contributed by atoms with Crippen molar-refractivity contribution in [1.82, 2.24) is 10.1 Å². The molecule has 0 aliphatic rings. The number of rotatable bonds is 6. The number of halogens is 1. The molecule has 20 heavy (non-hydrogen) atoms. The van der Waals surface area contributed by atoms with Gasteiger partial charge in [0.25, 0.3) is 5.89 Å². The van der Waals surface area contributed by atoms with Crippen LogP contribution < -0.4 is 5.73 Å². The zero-order valence-electron chi connectivity index (χ0n) is 11.6. The van der Waals surface area contributed by atoms with Crippen molar-refractivity contribution < 1.29 is 9.26 Å². The summed E-state index contributed by atoms with van der Waals surface area (Å²) in [6.45, 7) is 5.05. The summed E-state index contributed by atoms with van der Waals surface area (Å²) in [5.41, 5.74) is 7.79. The van der Waals surface area contributed by atoms with Crippen molar-refractivity contribution in [2.45, 2.75) is 26.3 Å². The van der Waals surface area contributed by atoms with Gasteiger partial charge in [-0.1, -0.05) is 29.7 Å². The highest BCUT2D eigenvalue weighted by Crippen LogP contribution is 2.25. The SMILES string of the molecule is CCCOCC(N)c1noc(-c2cc(Cl)ccc2C)n1. The molecule has 0 saturated carbocycles. The number of aromatic nitrogens is 2. The average molecular weight is 296 g/mol. The number of aryl methyl sites for hydroxylation is 1. The fraction of sp³-hybridized carbons (Fsp3) is 0.429. The lowest BCUT2D eigenvalue weighted by Crippen LogP contribution is -2.18. The number of hydrogen-bond acceptors (Lipinski definition) is 5. The lowest BCUT2D eigenvalue weighted by atomic mass is 10.1. The van der Waals surface area contributed by atoms with Gasteiger partial charge in [-0.3, -0.25) is 0 Å². The van der Waals surface area contributed by atoms with E-state index < -0.39 is 6.04 Å². The van der Waals surface area contributed by atoms with Crippen LogP contribution in [0.2, 0.25) is 5.02 Å². The Labute approximate surface area is 123 Å². The van der Waals surface area contributed by atoms with Gasteiger partial charge in [-0.05, 0) is 31.0 Å². The van der Waals surface area contributed by atoms with Gasteiger partial charge in [0.1, 0.15) is 0 Å². The maximum absolute atomic E-state index is 5.99. The Morgan fingerprint density at radius 3 is 3.00 bits per heavy atom. The van der Waals surface area contributed by atoms with E-state index in [1.807, 2.05) is 26.0 Å². The molecule has 0 radical (unpaired) electrons. The van der Waals surface area contributed by atoms with Gasteiger partial charge in [-0.2, -0.15) is 4.98 Å². The van der Waals surface area contributed by atoms with E-state index in [4.69, 9.17) is 26.6 Å². The second-order valence-electron chi connectivity index (χ2n) is 4.60. The quantitative estimate of drug-likeness (QED) is 0.829. The Morgan fingerprint density at radius 1 is 1.45 bits per heavy atom. The Hall–Kier alpha value is -1.43. The van der Waals surface area contributed by atoms with Crippen LogP contribution in [-0.2, 0) is 4.74 Å². The monoisotopic (exact) mass is 295 g/mol. The summed E-state index contributed by atoms with van der Waals surface area (Å²) in [6.07, 6.45) is 0.950. The van der Waals surface area contributed by atoms with E-state index >= 15 is 0 Å². The van der Waals surface area contributed by atoms with Crippen LogP contribution in [0.4, 0.5) is 0 Å². The molecule has 2 aromatic rings. The molecule has 0 fully saturated rings. The van der Waals surface area contributed by atoms with Gasteiger partial charge in [0, 0.05) is 17.2 Å². The zero-order valence-corrected chi connectivity index (χ0v) is 12.4. The largest absolute Gasteiger partial charge is 0.379 e. The normalized spacial score (nSPS) is 12.6. The minimum atomic E-state index is -0.390. The number of hydrogen-bond donors (Lipinski definition) is 1. The molecule has 1 aromatic carbocycles. The molecule has 0 amide bonds. The standard InChI is InChI=1S/C14H18ClN3O2/c1-3-6-19-8-12(16)13-17-14(20-18-13)11-7-10(15)5-4-9(11)2/h4-5,7,12H,3,6,8,16H2,1-2H3. The van der Waals surface area contributed by atoms with Crippen molar-refractivity contribution in [3.05, 3.63) is 34.6 Å². The first-order valence-electron chi connectivity index (χ1n) is 6.55. The molecule has 6 heteroatoms. The van der Waals surface area contributed by atoms with Crippen LogP contribution in [0.25, 0.3) is 11.5 Å². The molecular weight excluding hydrogens is 278 g/mol. The molecule has 2 rings (SSSR count). The Balaban J connectivity index is 2.14. The van der Waals surface area contributed by atoms with Gasteiger partial charge in [0.2, 0.25) is 0 Å². The molecule has 0 saturated heterocycles. The Morgan fingerprint density at radius 2 is 2.25 bits per heavy atom. The van der Waals surface area contributed by atoms with E-state index in [0.717, 1.165) is 17.5 Å². The van der Waals surface area contributed by atoms with Crippen LogP contribution in [0.15, 0.2) is 22.7 Å². The van der Waals surface area contributed by atoms with Crippen molar-refractivity contribution >= 4 is 11.6 Å². The third-order valence-electron chi connectivity index (χ3n) is 2.85. The third kappa shape index (κ3) is 3.56. The number of ether oxygens (including phenoxy) is 1. The van der Waals surface area contributed by atoms with E-state index in [-0.39, 0.29) is 0 Å². The maximum atomic E-state index is 5.99. The minimum Gasteiger partial charge on any atom is -0.379 e. The summed E-state index contributed by atoms with van der Waals surface area (Å²) < 4.78 is 10.6. The van der Waals surface area contributed by atoms with Crippen LogP contribution in [-0.4, -0.2) is 23.4 Å². The molecule has 108 valence electrons. The van der Waals surface area contributed by atoms with Gasteiger partial charge in [-0.25, -0.2) is 0 Å². The van der Waals surface area contributed by atoms with Gasteiger partial charge in [-0.15, -0.1) is 0 Å². The maximum Gasteiger partial charge on any atom is 0.258 e. The predicted octanol–water partition coefficient (Wildman–Crippen LogP) is 3.12. The van der Waals surface area contributed by atoms with Crippen LogP contribution in [0.5, 0.6) is 0 Å². The predicted molar refractivity (Wildman–Crippen MR) is 77.5 cm³/mol. The number of benzene rings is 1. The first-order chi connectivity index (χ1) is 9.61. The van der Waals surface area contributed by atoms with Crippen molar-refractivity contribution in [1.29, 1.82) is 0 Å². The molecule has 1 heterocycles. The van der Waals surface area contributed by atoms with Crippen molar-refractivity contribution in [2.75, 3.05) is 13.2 Å². The molecular formula is C14H18ClN3O2. The fourth-order valence-electron chi connectivity index (χ4n) is 1.75. The number of nitrogens with two attached hydrogens (primary N) is 1. The highest BCUT2D eigenvalue weighted by molar-refractivity contribution is 6.30. The second-order valence-corrected chi connectivity index (χ2v) is 5.03. The lowest BCUT2D eigenvalue weighted by molar-refractivity contribution is 0.119. The van der Waals surface area contributed by atoms with Gasteiger partial charge in [0.05, 0.1) is 12.6 Å². The van der Waals surface area contributed by atoms with Gasteiger partial charge in [0.15, 0.2) is 5.82 Å². The summed E-state index contributed by atoms with van der Waals surface area (Å²) >= 11 is 5.99. The molecule has 2 N–H and O–H groups in total. The van der Waals surface area contributed by atoms with Gasteiger partial charge >= 0.3 is 0 Å². The molecule has 1 atom stereocenters. The van der Waals surface area contributed by atoms with Crippen molar-refractivity contribution in [3.63, 3.8) is 0 Å². The summed E-state index contributed by atoms with van der Waals surface area (Å²) in [6, 6.07) is 5.14. The zero-order chi connectivity index (χ0) is 14.5. The van der Waals surface area contributed by atoms with E-state index in [1.54, 1.807) is 6.07 Å². The topological polar surface area (TPSA) is 74.2 Å². The van der Waals surface area contributed by atoms with Crippen LogP contribution in [0, 0.1) is 6.92 Å². The molecule has 1 aromatic heterocycles. The average Bonchev–Trinajstić information content (AvgIpc) is 2.91. The van der Waals surface area contributed by atoms with Crippen LogP contribution >= 0.6 is 11.6 Å². The summed E-state index contributed by atoms with van der Waals surface area (Å²) in [5.74, 6) is 0.862. The lowest BCUT2D eigenvalue weighted by Gasteiger charge is -2.06. The fourth-order valence-corrected chi connectivity index (χ4v) is 1.92. The Kier molecular flexibility index (Phi) is 5.11. The van der Waals surface area contributed by atoms with Gasteiger partial charge < -0.3 is 15.0 Å². The highest BCUT2D eigenvalue weighted by atomic mass is 35.5. The first kappa shape index (κ1) is 15.0. The third-order valence-corrected chi connectivity index (χ3v) is 3.08. The summed E-state index contributed by atoms with van der Waals surface area (Å²) in [7, 11) is 0. The smallest absolute Gasteiger partial charge is 0.258 e. The van der Waals surface area contributed by atoms with E-state index in [9.17, 15) is 0 Å². The highest BCUT2D eigenvalue weighted by Gasteiger charge is 2.16. The van der Waals surface area contributed by atoms with E-state index in [0.29, 0.717) is 30.0 Å². The van der Waals surface area contributed by atoms with Crippen LogP contribution in [0.3, 0.4) is 0 Å². The van der Waals surface area contributed by atoms with Crippen LogP contribution in [0.1, 0.15) is 30.8 Å².